The highest BCUT2D eigenvalue weighted by Crippen LogP contribution is 2.21. The number of carbonyl (C=O) groups is 1. The zero-order valence-corrected chi connectivity index (χ0v) is 9.13. The molecule has 0 aliphatic heterocycles. The monoisotopic (exact) mass is 229 g/mol. The minimum atomic E-state index is -3.88. The van der Waals surface area contributed by atoms with E-state index in [0.717, 1.165) is 0 Å². The molecule has 0 amide bonds. The van der Waals surface area contributed by atoms with Crippen LogP contribution in [-0.2, 0) is 10.0 Å². The molecule has 82 valence electrons. The van der Waals surface area contributed by atoms with E-state index in [1.165, 1.54) is 19.1 Å². The van der Waals surface area contributed by atoms with Crippen molar-refractivity contribution in [3.05, 3.63) is 28.8 Å². The molecule has 1 aromatic carbocycles. The van der Waals surface area contributed by atoms with Crippen LogP contribution in [-0.4, -0.2) is 19.5 Å². The van der Waals surface area contributed by atoms with Crippen molar-refractivity contribution in [2.24, 2.45) is 5.14 Å². The van der Waals surface area contributed by atoms with Crippen molar-refractivity contribution in [2.45, 2.75) is 18.7 Å². The molecular formula is C9H11NO4S. The van der Waals surface area contributed by atoms with Gasteiger partial charge in [-0.25, -0.2) is 18.4 Å². The van der Waals surface area contributed by atoms with E-state index in [0.29, 0.717) is 5.56 Å². The molecular weight excluding hydrogens is 218 g/mol. The number of benzene rings is 1. The van der Waals surface area contributed by atoms with Crippen LogP contribution in [0.25, 0.3) is 0 Å². The second kappa shape index (κ2) is 3.63. The molecule has 0 spiro atoms. The van der Waals surface area contributed by atoms with Crippen molar-refractivity contribution in [1.29, 1.82) is 0 Å². The van der Waals surface area contributed by atoms with Gasteiger partial charge in [-0.05, 0) is 31.0 Å². The summed E-state index contributed by atoms with van der Waals surface area (Å²) in [5, 5.41) is 13.8. The highest BCUT2D eigenvalue weighted by molar-refractivity contribution is 7.89. The fraction of sp³-hybridized carbons (Fsp3) is 0.222. The van der Waals surface area contributed by atoms with Crippen LogP contribution in [0.3, 0.4) is 0 Å². The molecule has 5 nitrogen and oxygen atoms in total. The molecule has 0 aliphatic carbocycles. The van der Waals surface area contributed by atoms with E-state index in [1.54, 1.807) is 6.92 Å². The molecule has 0 aromatic heterocycles. The maximum absolute atomic E-state index is 11.2. The quantitative estimate of drug-likeness (QED) is 0.777. The van der Waals surface area contributed by atoms with Crippen molar-refractivity contribution in [2.75, 3.05) is 0 Å². The van der Waals surface area contributed by atoms with Gasteiger partial charge in [-0.3, -0.25) is 0 Å². The van der Waals surface area contributed by atoms with E-state index < -0.39 is 16.0 Å². The van der Waals surface area contributed by atoms with Gasteiger partial charge in [-0.1, -0.05) is 6.07 Å². The third kappa shape index (κ3) is 2.16. The number of rotatable bonds is 2. The number of primary sulfonamides is 1. The van der Waals surface area contributed by atoms with Gasteiger partial charge in [0, 0.05) is 0 Å². The van der Waals surface area contributed by atoms with Gasteiger partial charge in [-0.15, -0.1) is 0 Å². The van der Waals surface area contributed by atoms with Crippen molar-refractivity contribution < 1.29 is 18.3 Å². The Morgan fingerprint density at radius 3 is 2.27 bits per heavy atom. The first-order valence-corrected chi connectivity index (χ1v) is 5.66. The Morgan fingerprint density at radius 1 is 1.33 bits per heavy atom. The Bertz CT molecular complexity index is 519. The second-order valence-electron chi connectivity index (χ2n) is 3.23. The molecule has 0 radical (unpaired) electrons. The van der Waals surface area contributed by atoms with E-state index in [2.05, 4.69) is 0 Å². The second-order valence-corrected chi connectivity index (χ2v) is 4.73. The predicted octanol–water partition coefficient (Wildman–Crippen LogP) is 0.649. The molecule has 0 bridgehead atoms. The van der Waals surface area contributed by atoms with Gasteiger partial charge < -0.3 is 5.11 Å². The Morgan fingerprint density at radius 2 is 1.87 bits per heavy atom. The summed E-state index contributed by atoms with van der Waals surface area (Å²) in [6.45, 7) is 2.99. The summed E-state index contributed by atoms with van der Waals surface area (Å²) in [6, 6.07) is 2.79. The maximum Gasteiger partial charge on any atom is 0.335 e. The van der Waals surface area contributed by atoms with Crippen LogP contribution in [0.5, 0.6) is 0 Å². The largest absolute Gasteiger partial charge is 0.478 e. The summed E-state index contributed by atoms with van der Waals surface area (Å²) < 4.78 is 22.5. The Hall–Kier alpha value is -1.40. The lowest BCUT2D eigenvalue weighted by atomic mass is 10.1. The fourth-order valence-corrected chi connectivity index (χ4v) is 2.55. The van der Waals surface area contributed by atoms with Crippen molar-refractivity contribution in [1.82, 2.24) is 0 Å². The Balaban J connectivity index is 3.66. The van der Waals surface area contributed by atoms with Gasteiger partial charge in [0.15, 0.2) is 0 Å². The van der Waals surface area contributed by atoms with Crippen molar-refractivity contribution in [3.8, 4) is 0 Å². The standard InChI is InChI=1S/C9H11NO4S/c1-5-3-4-7(9(11)12)6(2)8(5)15(10,13)14/h3-4H,1-2H3,(H,11,12)(H2,10,13,14). The van der Waals surface area contributed by atoms with Crippen LogP contribution in [0, 0.1) is 13.8 Å². The van der Waals surface area contributed by atoms with Gasteiger partial charge in [0.25, 0.3) is 0 Å². The minimum absolute atomic E-state index is 0.0513. The number of hydrogen-bond donors (Lipinski definition) is 2. The molecule has 0 aliphatic rings. The first-order valence-electron chi connectivity index (χ1n) is 4.11. The normalized spacial score (nSPS) is 11.4. The highest BCUT2D eigenvalue weighted by atomic mass is 32.2. The number of aromatic carboxylic acids is 1. The number of hydrogen-bond acceptors (Lipinski definition) is 3. The average Bonchev–Trinajstić information content (AvgIpc) is 2.00. The predicted molar refractivity (Wildman–Crippen MR) is 54.2 cm³/mol. The van der Waals surface area contributed by atoms with Crippen molar-refractivity contribution >= 4 is 16.0 Å². The number of carboxylic acids is 1. The van der Waals surface area contributed by atoms with Gasteiger partial charge in [-0.2, -0.15) is 0 Å². The number of nitrogens with two attached hydrogens (primary N) is 1. The smallest absolute Gasteiger partial charge is 0.335 e. The number of carboxylic acid groups (broad SMARTS) is 1. The molecule has 1 rings (SSSR count). The van der Waals surface area contributed by atoms with Crippen LogP contribution >= 0.6 is 0 Å². The van der Waals surface area contributed by atoms with E-state index in [-0.39, 0.29) is 16.0 Å². The number of aryl methyl sites for hydroxylation is 1. The molecule has 0 saturated carbocycles. The third-order valence-electron chi connectivity index (χ3n) is 2.12. The SMILES string of the molecule is Cc1ccc(C(=O)O)c(C)c1S(N)(=O)=O. The summed E-state index contributed by atoms with van der Waals surface area (Å²) in [6.07, 6.45) is 0. The summed E-state index contributed by atoms with van der Waals surface area (Å²) in [4.78, 5) is 10.7. The van der Waals surface area contributed by atoms with Crippen LogP contribution in [0.4, 0.5) is 0 Å². The summed E-state index contributed by atoms with van der Waals surface area (Å²) >= 11 is 0. The van der Waals surface area contributed by atoms with Crippen molar-refractivity contribution in [3.63, 3.8) is 0 Å². The first-order chi connectivity index (χ1) is 6.75. The van der Waals surface area contributed by atoms with Crippen LogP contribution in [0.2, 0.25) is 0 Å². The van der Waals surface area contributed by atoms with E-state index in [1.807, 2.05) is 0 Å². The third-order valence-corrected chi connectivity index (χ3v) is 3.31. The molecule has 0 saturated heterocycles. The minimum Gasteiger partial charge on any atom is -0.478 e. The zero-order chi connectivity index (χ0) is 11.8. The molecule has 0 unspecified atom stereocenters. The van der Waals surface area contributed by atoms with E-state index in [9.17, 15) is 13.2 Å². The molecule has 1 aromatic rings. The average molecular weight is 229 g/mol. The molecule has 0 heterocycles. The zero-order valence-electron chi connectivity index (χ0n) is 8.31. The lowest BCUT2D eigenvalue weighted by Crippen LogP contribution is -2.17. The van der Waals surface area contributed by atoms with Crippen LogP contribution < -0.4 is 5.14 Å². The lowest BCUT2D eigenvalue weighted by Gasteiger charge is -2.09. The van der Waals surface area contributed by atoms with Gasteiger partial charge in [0.05, 0.1) is 10.5 Å². The molecule has 3 N–H and O–H groups in total. The van der Waals surface area contributed by atoms with E-state index in [4.69, 9.17) is 10.2 Å². The van der Waals surface area contributed by atoms with E-state index >= 15 is 0 Å². The molecule has 15 heavy (non-hydrogen) atoms. The van der Waals surface area contributed by atoms with Crippen LogP contribution in [0.15, 0.2) is 17.0 Å². The maximum atomic E-state index is 11.2. The molecule has 6 heteroatoms. The van der Waals surface area contributed by atoms with Gasteiger partial charge in [0.2, 0.25) is 10.0 Å². The summed E-state index contributed by atoms with van der Waals surface area (Å²) in [5.74, 6) is -1.17. The summed E-state index contributed by atoms with van der Waals surface area (Å²) in [5.41, 5.74) is 0.564. The Labute approximate surface area is 87.6 Å². The Kier molecular flexibility index (Phi) is 2.83. The molecule has 0 atom stereocenters. The summed E-state index contributed by atoms with van der Waals surface area (Å²) in [7, 11) is -3.88. The lowest BCUT2D eigenvalue weighted by molar-refractivity contribution is 0.0696. The number of sulfonamides is 1. The fourth-order valence-electron chi connectivity index (χ4n) is 1.50. The molecule has 0 fully saturated rings. The van der Waals surface area contributed by atoms with Gasteiger partial charge >= 0.3 is 5.97 Å². The highest BCUT2D eigenvalue weighted by Gasteiger charge is 2.19. The topological polar surface area (TPSA) is 97.5 Å². The first kappa shape index (κ1) is 11.7. The van der Waals surface area contributed by atoms with Crippen LogP contribution in [0.1, 0.15) is 21.5 Å². The van der Waals surface area contributed by atoms with Gasteiger partial charge in [0.1, 0.15) is 0 Å².